The molecule has 2 heterocycles. The van der Waals surface area contributed by atoms with Crippen LogP contribution in [0.4, 0.5) is 0 Å². The molecule has 0 radical (unpaired) electrons. The maximum absolute atomic E-state index is 12.8. The highest BCUT2D eigenvalue weighted by Gasteiger charge is 2.12. The lowest BCUT2D eigenvalue weighted by atomic mass is 10.1. The van der Waals surface area contributed by atoms with Crippen LogP contribution < -0.4 is 19.6 Å². The molecule has 0 atom stereocenters. The number of benzene rings is 2. The van der Waals surface area contributed by atoms with Gasteiger partial charge in [-0.2, -0.15) is 9.50 Å². The van der Waals surface area contributed by atoms with Gasteiger partial charge in [0.15, 0.2) is 17.3 Å². The fourth-order valence-electron chi connectivity index (χ4n) is 2.97. The molecule has 4 aromatic rings. The van der Waals surface area contributed by atoms with Gasteiger partial charge in [-0.05, 0) is 44.5 Å². The van der Waals surface area contributed by atoms with Gasteiger partial charge >= 0.3 is 0 Å². The number of aromatic nitrogens is 3. The van der Waals surface area contributed by atoms with E-state index in [4.69, 9.17) is 9.47 Å². The largest absolute Gasteiger partial charge is 0.490 e. The third-order valence-corrected chi connectivity index (χ3v) is 5.32. The van der Waals surface area contributed by atoms with Gasteiger partial charge < -0.3 is 9.47 Å². The molecule has 7 heteroatoms. The SMILES string of the molecule is CCOc1ccc(/C=c2\sc3nc(-c4ccc(C)cc4)nn3c2=O)cc1OCC. The van der Waals surface area contributed by atoms with Crippen molar-refractivity contribution in [3.05, 3.63) is 68.5 Å². The van der Waals surface area contributed by atoms with Gasteiger partial charge in [-0.3, -0.25) is 4.79 Å². The van der Waals surface area contributed by atoms with Crippen molar-refractivity contribution in [2.24, 2.45) is 0 Å². The molecule has 0 spiro atoms. The van der Waals surface area contributed by atoms with E-state index in [1.165, 1.54) is 15.9 Å². The molecule has 0 saturated carbocycles. The third kappa shape index (κ3) is 3.86. The fraction of sp³-hybridized carbons (Fsp3) is 0.227. The van der Waals surface area contributed by atoms with Crippen LogP contribution in [-0.2, 0) is 0 Å². The summed E-state index contributed by atoms with van der Waals surface area (Å²) >= 11 is 1.32. The molecule has 6 nitrogen and oxygen atoms in total. The van der Waals surface area contributed by atoms with Gasteiger partial charge in [0.1, 0.15) is 0 Å². The smallest absolute Gasteiger partial charge is 0.291 e. The minimum atomic E-state index is -0.178. The highest BCUT2D eigenvalue weighted by atomic mass is 32.1. The minimum absolute atomic E-state index is 0.178. The van der Waals surface area contributed by atoms with Crippen molar-refractivity contribution in [2.75, 3.05) is 13.2 Å². The standard InChI is InChI=1S/C22H21N3O3S/c1-4-27-17-11-8-15(12-18(17)28-5-2)13-19-21(26)25-22(29-19)23-20(24-25)16-9-6-14(3)7-10-16/h6-13H,4-5H2,1-3H3/b19-13-. The Hall–Kier alpha value is -3.19. The zero-order valence-corrected chi connectivity index (χ0v) is 17.3. The summed E-state index contributed by atoms with van der Waals surface area (Å²) in [4.78, 5) is 17.9. The second-order valence-electron chi connectivity index (χ2n) is 6.48. The van der Waals surface area contributed by atoms with Crippen LogP contribution in [0, 0.1) is 6.92 Å². The maximum atomic E-state index is 12.8. The Morgan fingerprint density at radius 2 is 1.76 bits per heavy atom. The first-order valence-electron chi connectivity index (χ1n) is 9.47. The lowest BCUT2D eigenvalue weighted by Gasteiger charge is -2.11. The summed E-state index contributed by atoms with van der Waals surface area (Å²) in [7, 11) is 0. The molecule has 0 fully saturated rings. The molecule has 0 bridgehead atoms. The quantitative estimate of drug-likeness (QED) is 0.490. The van der Waals surface area contributed by atoms with E-state index in [1.807, 2.05) is 69.3 Å². The van der Waals surface area contributed by atoms with Gasteiger partial charge in [0.2, 0.25) is 4.96 Å². The number of ether oxygens (including phenoxy) is 2. The number of thiazole rings is 1. The zero-order chi connectivity index (χ0) is 20.4. The monoisotopic (exact) mass is 407 g/mol. The summed E-state index contributed by atoms with van der Waals surface area (Å²) in [5.41, 5.74) is 2.74. The van der Waals surface area contributed by atoms with E-state index >= 15 is 0 Å². The molecule has 0 N–H and O–H groups in total. The van der Waals surface area contributed by atoms with Gasteiger partial charge in [0.05, 0.1) is 17.7 Å². The van der Waals surface area contributed by atoms with Gasteiger partial charge in [0, 0.05) is 5.56 Å². The number of rotatable bonds is 6. The van der Waals surface area contributed by atoms with Crippen molar-refractivity contribution in [1.82, 2.24) is 14.6 Å². The van der Waals surface area contributed by atoms with E-state index in [9.17, 15) is 4.79 Å². The second kappa shape index (κ2) is 8.05. The van der Waals surface area contributed by atoms with Crippen LogP contribution in [0.25, 0.3) is 22.4 Å². The number of hydrogen-bond acceptors (Lipinski definition) is 6. The van der Waals surface area contributed by atoms with E-state index < -0.39 is 0 Å². The van der Waals surface area contributed by atoms with E-state index in [1.54, 1.807) is 0 Å². The van der Waals surface area contributed by atoms with Crippen LogP contribution >= 0.6 is 11.3 Å². The fourth-order valence-corrected chi connectivity index (χ4v) is 3.88. The van der Waals surface area contributed by atoms with Crippen LogP contribution in [0.15, 0.2) is 47.3 Å². The highest BCUT2D eigenvalue weighted by molar-refractivity contribution is 7.15. The molecule has 0 amide bonds. The number of nitrogens with zero attached hydrogens (tertiary/aromatic N) is 3. The number of hydrogen-bond donors (Lipinski definition) is 0. The van der Waals surface area contributed by atoms with Crippen molar-refractivity contribution in [1.29, 1.82) is 0 Å². The predicted molar refractivity (Wildman–Crippen MR) is 115 cm³/mol. The maximum Gasteiger partial charge on any atom is 0.291 e. The van der Waals surface area contributed by atoms with Gasteiger partial charge in [-0.25, -0.2) is 0 Å². The molecule has 0 unspecified atom stereocenters. The van der Waals surface area contributed by atoms with E-state index in [-0.39, 0.29) is 5.56 Å². The Bertz CT molecular complexity index is 1260. The van der Waals surface area contributed by atoms with Gasteiger partial charge in [-0.15, -0.1) is 5.10 Å². The van der Waals surface area contributed by atoms with Crippen LogP contribution in [0.3, 0.4) is 0 Å². The summed E-state index contributed by atoms with van der Waals surface area (Å²) in [6.45, 7) is 6.98. The van der Waals surface area contributed by atoms with Gasteiger partial charge in [-0.1, -0.05) is 47.2 Å². The predicted octanol–water partition coefficient (Wildman–Crippen LogP) is 3.47. The third-order valence-electron chi connectivity index (χ3n) is 4.36. The topological polar surface area (TPSA) is 65.7 Å². The first kappa shape index (κ1) is 19.1. The molecular formula is C22H21N3O3S. The lowest BCUT2D eigenvalue weighted by Crippen LogP contribution is -2.23. The average Bonchev–Trinajstić information content (AvgIpc) is 3.25. The second-order valence-corrected chi connectivity index (χ2v) is 7.49. The van der Waals surface area contributed by atoms with E-state index in [0.717, 1.165) is 16.7 Å². The Kier molecular flexibility index (Phi) is 5.31. The highest BCUT2D eigenvalue weighted by Crippen LogP contribution is 2.28. The zero-order valence-electron chi connectivity index (χ0n) is 16.5. The molecule has 29 heavy (non-hydrogen) atoms. The molecule has 0 aliphatic carbocycles. The Morgan fingerprint density at radius 1 is 1.03 bits per heavy atom. The summed E-state index contributed by atoms with van der Waals surface area (Å²) in [5.74, 6) is 1.91. The molecule has 2 aromatic heterocycles. The van der Waals surface area contributed by atoms with Crippen molar-refractivity contribution in [2.45, 2.75) is 20.8 Å². The van der Waals surface area contributed by atoms with Crippen LogP contribution in [0.2, 0.25) is 0 Å². The van der Waals surface area contributed by atoms with E-state index in [2.05, 4.69) is 10.1 Å². The minimum Gasteiger partial charge on any atom is -0.490 e. The number of aryl methyl sites for hydroxylation is 1. The first-order valence-corrected chi connectivity index (χ1v) is 10.3. The van der Waals surface area contributed by atoms with Crippen LogP contribution in [0.5, 0.6) is 11.5 Å². The Morgan fingerprint density at radius 3 is 2.45 bits per heavy atom. The molecular weight excluding hydrogens is 386 g/mol. The molecule has 0 aliphatic rings. The average molecular weight is 407 g/mol. The van der Waals surface area contributed by atoms with Crippen molar-refractivity contribution in [3.63, 3.8) is 0 Å². The Labute approximate surface area is 172 Å². The molecule has 0 saturated heterocycles. The molecule has 0 aliphatic heterocycles. The van der Waals surface area contributed by atoms with Crippen LogP contribution in [0.1, 0.15) is 25.0 Å². The normalized spacial score (nSPS) is 11.9. The molecule has 2 aromatic carbocycles. The number of fused-ring (bicyclic) bond motifs is 1. The van der Waals surface area contributed by atoms with Crippen molar-refractivity contribution < 1.29 is 9.47 Å². The Balaban J connectivity index is 1.72. The van der Waals surface area contributed by atoms with E-state index in [0.29, 0.717) is 40.0 Å². The summed E-state index contributed by atoms with van der Waals surface area (Å²) in [6, 6.07) is 13.6. The molecule has 148 valence electrons. The summed E-state index contributed by atoms with van der Waals surface area (Å²) in [6.07, 6.45) is 1.83. The molecule has 4 rings (SSSR count). The van der Waals surface area contributed by atoms with Gasteiger partial charge in [0.25, 0.3) is 5.56 Å². The van der Waals surface area contributed by atoms with Crippen molar-refractivity contribution >= 4 is 22.4 Å². The summed E-state index contributed by atoms with van der Waals surface area (Å²) < 4.78 is 13.2. The first-order chi connectivity index (χ1) is 14.1. The van der Waals surface area contributed by atoms with Crippen molar-refractivity contribution in [3.8, 4) is 22.9 Å². The lowest BCUT2D eigenvalue weighted by molar-refractivity contribution is 0.287. The summed E-state index contributed by atoms with van der Waals surface area (Å²) in [5, 5.41) is 4.40. The van der Waals surface area contributed by atoms with Crippen LogP contribution in [-0.4, -0.2) is 27.8 Å².